The summed E-state index contributed by atoms with van der Waals surface area (Å²) in [5.74, 6) is -1.53. The normalized spacial score (nSPS) is 18.0. The van der Waals surface area contributed by atoms with Gasteiger partial charge in [0.1, 0.15) is 18.1 Å². The zero-order chi connectivity index (χ0) is 26.2. The van der Waals surface area contributed by atoms with Crippen molar-refractivity contribution in [1.82, 2.24) is 24.8 Å². The van der Waals surface area contributed by atoms with Gasteiger partial charge in [0.2, 0.25) is 6.23 Å². The van der Waals surface area contributed by atoms with E-state index in [4.69, 9.17) is 26.6 Å². The summed E-state index contributed by atoms with van der Waals surface area (Å²) in [6.07, 6.45) is 1.17. The summed E-state index contributed by atoms with van der Waals surface area (Å²) in [6, 6.07) is 3.20. The Morgan fingerprint density at radius 2 is 1.89 bits per heavy atom. The third-order valence-corrected chi connectivity index (χ3v) is 5.38. The summed E-state index contributed by atoms with van der Waals surface area (Å²) in [4.78, 5) is 62.2. The minimum Gasteiger partial charge on any atom is -0.479 e. The molecule has 2 aliphatic heterocycles. The second-order valence-electron chi connectivity index (χ2n) is 7.61. The van der Waals surface area contributed by atoms with E-state index < -0.39 is 36.9 Å². The second kappa shape index (κ2) is 12.2. The van der Waals surface area contributed by atoms with E-state index in [0.29, 0.717) is 29.6 Å². The number of amides is 2. The van der Waals surface area contributed by atoms with Crippen LogP contribution in [0.3, 0.4) is 0 Å². The van der Waals surface area contributed by atoms with Crippen LogP contribution in [0, 0.1) is 0 Å². The summed E-state index contributed by atoms with van der Waals surface area (Å²) in [5.41, 5.74) is 0.437. The Kier molecular flexibility index (Phi) is 9.05. The highest BCUT2D eigenvalue weighted by Crippen LogP contribution is 2.35. The van der Waals surface area contributed by atoms with Crippen molar-refractivity contribution in [3.8, 4) is 0 Å². The Morgan fingerprint density at radius 3 is 2.50 bits per heavy atom. The number of likely N-dealkylation sites (N-methyl/N-ethyl adjacent to an activating group) is 1. The van der Waals surface area contributed by atoms with E-state index in [1.165, 1.54) is 23.5 Å². The summed E-state index contributed by atoms with van der Waals surface area (Å²) < 4.78 is 9.62. The number of rotatable bonds is 6. The van der Waals surface area contributed by atoms with Gasteiger partial charge in [-0.05, 0) is 19.2 Å². The molecular formula is C21H23ClN6O8. The Hall–Kier alpha value is -3.88. The fourth-order valence-electron chi connectivity index (χ4n) is 3.24. The molecule has 15 heteroatoms. The molecule has 1 unspecified atom stereocenters. The topological polar surface area (TPSA) is 176 Å². The highest BCUT2D eigenvalue weighted by atomic mass is 35.5. The van der Waals surface area contributed by atoms with Gasteiger partial charge in [0.15, 0.2) is 11.8 Å². The number of piperazine rings is 1. The molecule has 2 aromatic rings. The number of carboxylic acid groups (broad SMARTS) is 1. The van der Waals surface area contributed by atoms with Gasteiger partial charge in [-0.1, -0.05) is 11.6 Å². The van der Waals surface area contributed by atoms with Crippen LogP contribution >= 0.6 is 11.6 Å². The first kappa shape index (κ1) is 26.7. The van der Waals surface area contributed by atoms with Gasteiger partial charge in [0, 0.05) is 44.8 Å². The molecule has 14 nitrogen and oxygen atoms in total. The molecule has 1 saturated heterocycles. The number of halogens is 1. The third kappa shape index (κ3) is 6.41. The van der Waals surface area contributed by atoms with Gasteiger partial charge in [-0.2, -0.15) is 0 Å². The van der Waals surface area contributed by atoms with Crippen molar-refractivity contribution >= 4 is 41.9 Å². The molecular weight excluding hydrogens is 500 g/mol. The van der Waals surface area contributed by atoms with Gasteiger partial charge < -0.3 is 29.5 Å². The van der Waals surface area contributed by atoms with Crippen LogP contribution in [0.4, 0.5) is 10.6 Å². The summed E-state index contributed by atoms with van der Waals surface area (Å²) in [6.45, 7) is 2.21. The number of aromatic nitrogens is 3. The molecule has 0 aromatic carbocycles. The van der Waals surface area contributed by atoms with E-state index in [-0.39, 0.29) is 12.2 Å². The van der Waals surface area contributed by atoms with Crippen molar-refractivity contribution in [2.24, 2.45) is 0 Å². The summed E-state index contributed by atoms with van der Waals surface area (Å²) in [7, 11) is 2.00. The van der Waals surface area contributed by atoms with Crippen molar-refractivity contribution in [2.45, 2.75) is 12.3 Å². The standard InChI is InChI=1S/C17H17ClN6O3.C4H6O5/c1-22-6-8-23(9-7-22)17(26)27-16-14-13(19-4-5-20-14)15(25)24(16)12-3-2-11(18)10-21-12;5-2-9-1-3(6)4(7)8/h2-5,10,16H,6-9H2,1H3;2-3,6H,1H2,(H,7,8)/t;3-/m.0/s1. The predicted molar refractivity (Wildman–Crippen MR) is 122 cm³/mol. The average molecular weight is 523 g/mol. The lowest BCUT2D eigenvalue weighted by atomic mass is 10.3. The van der Waals surface area contributed by atoms with Crippen molar-refractivity contribution in [3.05, 3.63) is 47.1 Å². The van der Waals surface area contributed by atoms with E-state index >= 15 is 0 Å². The first-order chi connectivity index (χ1) is 17.2. The Bertz CT molecular complexity index is 1100. The van der Waals surface area contributed by atoms with E-state index in [1.807, 2.05) is 7.05 Å². The summed E-state index contributed by atoms with van der Waals surface area (Å²) in [5, 5.41) is 16.8. The molecule has 2 aliphatic rings. The lowest BCUT2D eigenvalue weighted by Gasteiger charge is -2.33. The quantitative estimate of drug-likeness (QED) is 0.492. The van der Waals surface area contributed by atoms with Crippen LogP contribution in [0.5, 0.6) is 0 Å². The van der Waals surface area contributed by atoms with Crippen LogP contribution in [-0.2, 0) is 19.1 Å². The van der Waals surface area contributed by atoms with Crippen molar-refractivity contribution in [3.63, 3.8) is 0 Å². The monoisotopic (exact) mass is 522 g/mol. The van der Waals surface area contributed by atoms with Gasteiger partial charge in [0.25, 0.3) is 12.4 Å². The van der Waals surface area contributed by atoms with Gasteiger partial charge in [-0.25, -0.2) is 24.5 Å². The van der Waals surface area contributed by atoms with Crippen LogP contribution in [-0.4, -0.2) is 105 Å². The molecule has 2 N–H and O–H groups in total. The van der Waals surface area contributed by atoms with Gasteiger partial charge in [-0.3, -0.25) is 14.6 Å². The lowest BCUT2D eigenvalue weighted by Crippen LogP contribution is -2.48. The van der Waals surface area contributed by atoms with E-state index in [2.05, 4.69) is 24.6 Å². The zero-order valence-electron chi connectivity index (χ0n) is 19.1. The Morgan fingerprint density at radius 1 is 1.19 bits per heavy atom. The SMILES string of the molecule is CN1CCN(C(=O)OC2c3nccnc3C(=O)N2c2ccc(Cl)cn2)CC1.O=COC[C@H](O)C(=O)O. The first-order valence-electron chi connectivity index (χ1n) is 10.6. The molecule has 0 spiro atoms. The summed E-state index contributed by atoms with van der Waals surface area (Å²) >= 11 is 5.89. The molecule has 1 fully saturated rings. The Labute approximate surface area is 210 Å². The molecule has 0 aliphatic carbocycles. The fraction of sp³-hybridized carbons (Fsp3) is 0.381. The zero-order valence-corrected chi connectivity index (χ0v) is 19.8. The Balaban J connectivity index is 0.000000345. The number of carbonyl (C=O) groups excluding carboxylic acids is 3. The number of pyridine rings is 1. The minimum atomic E-state index is -1.62. The molecule has 2 atom stereocenters. The first-order valence-corrected chi connectivity index (χ1v) is 11.0. The largest absolute Gasteiger partial charge is 0.479 e. The van der Waals surface area contributed by atoms with Gasteiger partial charge in [0.05, 0.1) is 5.02 Å². The van der Waals surface area contributed by atoms with Crippen LogP contribution in [0.25, 0.3) is 0 Å². The van der Waals surface area contributed by atoms with Crippen molar-refractivity contribution in [2.75, 3.05) is 44.7 Å². The second-order valence-corrected chi connectivity index (χ2v) is 8.05. The number of aliphatic carboxylic acids is 1. The smallest absolute Gasteiger partial charge is 0.412 e. The number of hydrogen-bond donors (Lipinski definition) is 2. The number of aliphatic hydroxyl groups is 1. The molecule has 4 heterocycles. The van der Waals surface area contributed by atoms with Crippen LogP contribution in [0.15, 0.2) is 30.7 Å². The molecule has 4 rings (SSSR count). The maximum absolute atomic E-state index is 12.8. The molecule has 0 radical (unpaired) electrons. The number of hydrogen-bond acceptors (Lipinski definition) is 11. The maximum Gasteiger partial charge on any atom is 0.412 e. The lowest BCUT2D eigenvalue weighted by molar-refractivity contribution is -0.151. The highest BCUT2D eigenvalue weighted by Gasteiger charge is 2.44. The fourth-order valence-corrected chi connectivity index (χ4v) is 3.35. The number of ether oxygens (including phenoxy) is 2. The average Bonchev–Trinajstić information content (AvgIpc) is 3.15. The molecule has 192 valence electrons. The van der Waals surface area contributed by atoms with E-state index in [0.717, 1.165) is 13.1 Å². The highest BCUT2D eigenvalue weighted by molar-refractivity contribution is 6.30. The third-order valence-electron chi connectivity index (χ3n) is 5.16. The van der Waals surface area contributed by atoms with E-state index in [1.54, 1.807) is 17.0 Å². The number of anilines is 1. The molecule has 36 heavy (non-hydrogen) atoms. The number of nitrogens with zero attached hydrogens (tertiary/aromatic N) is 6. The minimum absolute atomic E-state index is 0.0756. The van der Waals surface area contributed by atoms with Crippen molar-refractivity contribution in [1.29, 1.82) is 0 Å². The molecule has 0 bridgehead atoms. The molecule has 2 amide bonds. The molecule has 0 saturated carbocycles. The van der Waals surface area contributed by atoms with Crippen LogP contribution in [0.1, 0.15) is 22.4 Å². The van der Waals surface area contributed by atoms with Crippen LogP contribution in [0.2, 0.25) is 5.02 Å². The van der Waals surface area contributed by atoms with Gasteiger partial charge in [-0.15, -0.1) is 0 Å². The number of aliphatic hydroxyl groups excluding tert-OH is 1. The number of fused-ring (bicyclic) bond motifs is 1. The predicted octanol–water partition coefficient (Wildman–Crippen LogP) is 0.173. The molecule has 2 aromatic heterocycles. The maximum atomic E-state index is 12.8. The van der Waals surface area contributed by atoms with E-state index in [9.17, 15) is 19.2 Å². The number of carbonyl (C=O) groups is 4. The van der Waals surface area contributed by atoms with Crippen LogP contribution < -0.4 is 4.90 Å². The number of carboxylic acids is 1. The van der Waals surface area contributed by atoms with Gasteiger partial charge >= 0.3 is 12.1 Å². The van der Waals surface area contributed by atoms with Crippen molar-refractivity contribution < 1.29 is 38.9 Å².